The summed E-state index contributed by atoms with van der Waals surface area (Å²) in [6.45, 7) is 2.17. The number of furan rings is 1. The van der Waals surface area contributed by atoms with E-state index in [1.54, 1.807) is 30.0 Å². The first-order chi connectivity index (χ1) is 13.8. The van der Waals surface area contributed by atoms with Crippen LogP contribution in [-0.2, 0) is 12.7 Å². The SMILES string of the molecule is Cc1ccc2c(c1)c(=O)cc(C(F)(F)F)n2C[C@H]1CCCN1C(=O)c1ccco1. The van der Waals surface area contributed by atoms with Crippen molar-refractivity contribution in [2.45, 2.75) is 38.5 Å². The van der Waals surface area contributed by atoms with Crippen molar-refractivity contribution in [1.82, 2.24) is 9.47 Å². The third kappa shape index (κ3) is 3.54. The number of pyridine rings is 1. The largest absolute Gasteiger partial charge is 0.459 e. The number of carbonyl (C=O) groups excluding carboxylic acids is 1. The minimum Gasteiger partial charge on any atom is -0.459 e. The number of hydrogen-bond acceptors (Lipinski definition) is 3. The number of fused-ring (bicyclic) bond motifs is 1. The molecule has 1 fully saturated rings. The number of likely N-dealkylation sites (tertiary alicyclic amines) is 1. The smallest absolute Gasteiger partial charge is 0.431 e. The van der Waals surface area contributed by atoms with Crippen LogP contribution in [0.2, 0.25) is 0 Å². The van der Waals surface area contributed by atoms with Crippen molar-refractivity contribution in [1.29, 1.82) is 0 Å². The van der Waals surface area contributed by atoms with Gasteiger partial charge in [0.2, 0.25) is 0 Å². The highest BCUT2D eigenvalue weighted by Gasteiger charge is 2.37. The number of benzene rings is 1. The van der Waals surface area contributed by atoms with E-state index in [1.165, 1.54) is 18.4 Å². The van der Waals surface area contributed by atoms with E-state index >= 15 is 0 Å². The average Bonchev–Trinajstić information content (AvgIpc) is 3.34. The molecule has 1 atom stereocenters. The topological polar surface area (TPSA) is 55.5 Å². The Labute approximate surface area is 164 Å². The van der Waals surface area contributed by atoms with E-state index in [1.807, 2.05) is 0 Å². The molecule has 4 rings (SSSR count). The fourth-order valence-corrected chi connectivity index (χ4v) is 3.97. The zero-order chi connectivity index (χ0) is 20.8. The summed E-state index contributed by atoms with van der Waals surface area (Å²) in [6.07, 6.45) is -2.04. The molecule has 0 spiro atoms. The summed E-state index contributed by atoms with van der Waals surface area (Å²) in [5.41, 5.74) is -0.664. The van der Waals surface area contributed by atoms with Gasteiger partial charge in [-0.15, -0.1) is 0 Å². The highest BCUT2D eigenvalue weighted by Crippen LogP contribution is 2.32. The number of rotatable bonds is 3. The molecule has 0 aliphatic carbocycles. The number of amides is 1. The van der Waals surface area contributed by atoms with E-state index in [9.17, 15) is 22.8 Å². The molecule has 3 heterocycles. The quantitative estimate of drug-likeness (QED) is 0.657. The predicted octanol–water partition coefficient (Wildman–Crippen LogP) is 4.23. The third-order valence-electron chi connectivity index (χ3n) is 5.32. The molecule has 29 heavy (non-hydrogen) atoms. The van der Waals surface area contributed by atoms with Crippen LogP contribution in [0.25, 0.3) is 10.9 Å². The number of halogens is 3. The second-order valence-corrected chi connectivity index (χ2v) is 7.29. The average molecular weight is 404 g/mol. The Hall–Kier alpha value is -3.03. The van der Waals surface area contributed by atoms with Gasteiger partial charge in [-0.2, -0.15) is 13.2 Å². The highest BCUT2D eigenvalue weighted by atomic mass is 19.4. The van der Waals surface area contributed by atoms with Crippen molar-refractivity contribution in [2.75, 3.05) is 6.54 Å². The van der Waals surface area contributed by atoms with Crippen LogP contribution in [0.3, 0.4) is 0 Å². The highest BCUT2D eigenvalue weighted by molar-refractivity contribution is 5.91. The summed E-state index contributed by atoms with van der Waals surface area (Å²) in [5, 5.41) is 0.236. The van der Waals surface area contributed by atoms with Crippen molar-refractivity contribution >= 4 is 16.8 Å². The lowest BCUT2D eigenvalue weighted by atomic mass is 10.1. The fraction of sp³-hybridized carbons (Fsp3) is 0.333. The van der Waals surface area contributed by atoms with E-state index in [-0.39, 0.29) is 29.1 Å². The van der Waals surface area contributed by atoms with Gasteiger partial charge in [0.05, 0.1) is 17.8 Å². The van der Waals surface area contributed by atoms with Gasteiger partial charge in [-0.05, 0) is 44.0 Å². The molecule has 0 N–H and O–H groups in total. The number of aromatic nitrogens is 1. The zero-order valence-electron chi connectivity index (χ0n) is 15.7. The minimum atomic E-state index is -4.69. The van der Waals surface area contributed by atoms with Crippen molar-refractivity contribution in [3.63, 3.8) is 0 Å². The lowest BCUT2D eigenvalue weighted by molar-refractivity contribution is -0.143. The molecule has 1 amide bonds. The van der Waals surface area contributed by atoms with Crippen LogP contribution in [-0.4, -0.2) is 28.0 Å². The molecule has 0 unspecified atom stereocenters. The van der Waals surface area contributed by atoms with Gasteiger partial charge in [-0.3, -0.25) is 9.59 Å². The maximum Gasteiger partial charge on any atom is 0.431 e. The molecule has 2 aromatic heterocycles. The summed E-state index contributed by atoms with van der Waals surface area (Å²) in [4.78, 5) is 26.6. The van der Waals surface area contributed by atoms with E-state index in [0.29, 0.717) is 25.5 Å². The summed E-state index contributed by atoms with van der Waals surface area (Å²) >= 11 is 0. The van der Waals surface area contributed by atoms with Gasteiger partial charge in [-0.25, -0.2) is 0 Å². The monoisotopic (exact) mass is 404 g/mol. The molecule has 1 aliphatic heterocycles. The number of alkyl halides is 3. The Balaban J connectivity index is 1.79. The van der Waals surface area contributed by atoms with Gasteiger partial charge < -0.3 is 13.9 Å². The Bertz CT molecular complexity index is 1120. The first kappa shape index (κ1) is 19.3. The molecule has 5 nitrogen and oxygen atoms in total. The summed E-state index contributed by atoms with van der Waals surface area (Å²) < 4.78 is 47.5. The maximum absolute atomic E-state index is 13.7. The van der Waals surface area contributed by atoms with E-state index in [4.69, 9.17) is 4.42 Å². The molecule has 0 radical (unpaired) electrons. The first-order valence-corrected chi connectivity index (χ1v) is 9.31. The van der Waals surface area contributed by atoms with Crippen LogP contribution in [0.1, 0.15) is 34.7 Å². The molecule has 1 saturated heterocycles. The molecule has 3 aromatic rings. The molecular formula is C21H19F3N2O3. The maximum atomic E-state index is 13.7. The van der Waals surface area contributed by atoms with Gasteiger partial charge in [0.25, 0.3) is 5.91 Å². The summed E-state index contributed by atoms with van der Waals surface area (Å²) in [7, 11) is 0. The van der Waals surface area contributed by atoms with Crippen LogP contribution in [0, 0.1) is 6.92 Å². The number of carbonyl (C=O) groups is 1. The van der Waals surface area contributed by atoms with Crippen LogP contribution in [0.5, 0.6) is 0 Å². The molecule has 152 valence electrons. The van der Waals surface area contributed by atoms with Gasteiger partial charge in [0.1, 0.15) is 5.69 Å². The summed E-state index contributed by atoms with van der Waals surface area (Å²) in [6, 6.07) is 8.16. The zero-order valence-corrected chi connectivity index (χ0v) is 15.7. The van der Waals surface area contributed by atoms with Gasteiger partial charge in [0, 0.05) is 24.5 Å². The Morgan fingerprint density at radius 3 is 2.72 bits per heavy atom. The lowest BCUT2D eigenvalue weighted by Gasteiger charge is -2.27. The van der Waals surface area contributed by atoms with Gasteiger partial charge in [0.15, 0.2) is 11.2 Å². The third-order valence-corrected chi connectivity index (χ3v) is 5.32. The standard InChI is InChI=1S/C21H19F3N2O3/c1-13-6-7-16-15(10-13)17(27)11-19(21(22,23)24)26(16)12-14-4-2-8-25(14)20(28)18-5-3-9-29-18/h3,5-7,9-11,14H,2,4,8,12H2,1H3/t14-/m1/s1. The molecule has 0 bridgehead atoms. The number of nitrogens with zero attached hydrogens (tertiary/aromatic N) is 2. The minimum absolute atomic E-state index is 0.0544. The van der Waals surface area contributed by atoms with Crippen LogP contribution in [0.15, 0.2) is 51.9 Å². The van der Waals surface area contributed by atoms with Crippen molar-refractivity contribution in [3.8, 4) is 0 Å². The van der Waals surface area contributed by atoms with Crippen LogP contribution < -0.4 is 5.43 Å². The number of hydrogen-bond donors (Lipinski definition) is 0. The van der Waals surface area contributed by atoms with Crippen molar-refractivity contribution in [2.24, 2.45) is 0 Å². The van der Waals surface area contributed by atoms with Crippen LogP contribution >= 0.6 is 0 Å². The van der Waals surface area contributed by atoms with Gasteiger partial charge >= 0.3 is 6.18 Å². The Morgan fingerprint density at radius 1 is 1.24 bits per heavy atom. The lowest BCUT2D eigenvalue weighted by Crippen LogP contribution is -2.39. The second-order valence-electron chi connectivity index (χ2n) is 7.29. The molecule has 0 saturated carbocycles. The molecule has 1 aliphatic rings. The van der Waals surface area contributed by atoms with Crippen molar-refractivity contribution in [3.05, 3.63) is 69.9 Å². The van der Waals surface area contributed by atoms with Crippen LogP contribution in [0.4, 0.5) is 13.2 Å². The predicted molar refractivity (Wildman–Crippen MR) is 101 cm³/mol. The normalized spacial score (nSPS) is 17.2. The van der Waals surface area contributed by atoms with E-state index < -0.39 is 23.3 Å². The first-order valence-electron chi connectivity index (χ1n) is 9.31. The summed E-state index contributed by atoms with van der Waals surface area (Å²) in [5.74, 6) is -0.180. The second kappa shape index (κ2) is 7.09. The molecule has 8 heteroatoms. The van der Waals surface area contributed by atoms with E-state index in [2.05, 4.69) is 0 Å². The number of aryl methyl sites for hydroxylation is 1. The fourth-order valence-electron chi connectivity index (χ4n) is 3.97. The molecular weight excluding hydrogens is 385 g/mol. The van der Waals surface area contributed by atoms with E-state index in [0.717, 1.165) is 10.1 Å². The Morgan fingerprint density at radius 2 is 2.03 bits per heavy atom. The molecule has 1 aromatic carbocycles. The Kier molecular flexibility index (Phi) is 4.72. The van der Waals surface area contributed by atoms with Crippen molar-refractivity contribution < 1.29 is 22.4 Å². The van der Waals surface area contributed by atoms with Gasteiger partial charge in [-0.1, -0.05) is 11.6 Å².